The van der Waals surface area contributed by atoms with E-state index in [9.17, 15) is 9.18 Å². The van der Waals surface area contributed by atoms with Crippen molar-refractivity contribution in [2.24, 2.45) is 0 Å². The molecule has 0 aliphatic rings. The summed E-state index contributed by atoms with van der Waals surface area (Å²) in [6.45, 7) is 3.00. The van der Waals surface area contributed by atoms with E-state index < -0.39 is 0 Å². The Morgan fingerprint density at radius 2 is 2.15 bits per heavy atom. The molecule has 1 aromatic rings. The predicted octanol–water partition coefficient (Wildman–Crippen LogP) is 2.86. The standard InChI is InChI=1S/C9H9BrFNO/c1-5-8(11)4-3-7(10)9(5)12-6(2)13/h3-4H,1-2H3,(H,12,13). The molecular formula is C9H9BrFNO. The lowest BCUT2D eigenvalue weighted by Crippen LogP contribution is -2.08. The average molecular weight is 246 g/mol. The molecule has 0 saturated carbocycles. The molecule has 2 nitrogen and oxygen atoms in total. The Kier molecular flexibility index (Phi) is 3.03. The first kappa shape index (κ1) is 10.2. The largest absolute Gasteiger partial charge is 0.325 e. The number of nitrogens with one attached hydrogen (secondary N) is 1. The molecule has 0 heterocycles. The quantitative estimate of drug-likeness (QED) is 0.810. The summed E-state index contributed by atoms with van der Waals surface area (Å²) >= 11 is 3.23. The Hall–Kier alpha value is -0.900. The van der Waals surface area contributed by atoms with Crippen LogP contribution >= 0.6 is 15.9 Å². The summed E-state index contributed by atoms with van der Waals surface area (Å²) < 4.78 is 13.7. The van der Waals surface area contributed by atoms with Gasteiger partial charge >= 0.3 is 0 Å². The fourth-order valence-electron chi connectivity index (χ4n) is 0.983. The lowest BCUT2D eigenvalue weighted by Gasteiger charge is -2.09. The van der Waals surface area contributed by atoms with Gasteiger partial charge in [-0.3, -0.25) is 4.79 Å². The topological polar surface area (TPSA) is 29.1 Å². The Labute approximate surface area is 84.3 Å². The summed E-state index contributed by atoms with van der Waals surface area (Å²) in [5.74, 6) is -0.540. The van der Waals surface area contributed by atoms with E-state index in [1.165, 1.54) is 13.0 Å². The van der Waals surface area contributed by atoms with Crippen LogP contribution in [-0.2, 0) is 4.79 Å². The molecule has 13 heavy (non-hydrogen) atoms. The number of anilines is 1. The van der Waals surface area contributed by atoms with Crippen molar-refractivity contribution in [1.29, 1.82) is 0 Å². The predicted molar refractivity (Wildman–Crippen MR) is 53.1 cm³/mol. The highest BCUT2D eigenvalue weighted by molar-refractivity contribution is 9.10. The number of halogens is 2. The molecule has 0 aliphatic carbocycles. The Morgan fingerprint density at radius 1 is 1.54 bits per heavy atom. The van der Waals surface area contributed by atoms with Crippen LogP contribution in [0.1, 0.15) is 12.5 Å². The van der Waals surface area contributed by atoms with Crippen LogP contribution in [-0.4, -0.2) is 5.91 Å². The molecule has 0 radical (unpaired) electrons. The average Bonchev–Trinajstić information content (AvgIpc) is 2.05. The van der Waals surface area contributed by atoms with Gasteiger partial charge in [-0.25, -0.2) is 4.39 Å². The van der Waals surface area contributed by atoms with Crippen molar-refractivity contribution >= 4 is 27.5 Å². The summed E-state index contributed by atoms with van der Waals surface area (Å²) in [6.07, 6.45) is 0. The second-order valence-corrected chi connectivity index (χ2v) is 3.56. The van der Waals surface area contributed by atoms with Crippen LogP contribution in [0.25, 0.3) is 0 Å². The zero-order valence-electron chi connectivity index (χ0n) is 7.32. The van der Waals surface area contributed by atoms with Gasteiger partial charge in [-0.15, -0.1) is 0 Å². The third kappa shape index (κ3) is 2.28. The molecule has 0 saturated heterocycles. The Morgan fingerprint density at radius 3 is 2.69 bits per heavy atom. The maximum atomic E-state index is 13.0. The van der Waals surface area contributed by atoms with E-state index in [0.717, 1.165) is 0 Å². The second-order valence-electron chi connectivity index (χ2n) is 2.71. The first-order valence-electron chi connectivity index (χ1n) is 3.74. The van der Waals surface area contributed by atoms with E-state index in [-0.39, 0.29) is 11.7 Å². The molecule has 0 aromatic heterocycles. The summed E-state index contributed by atoms with van der Waals surface area (Å²) in [5, 5.41) is 2.56. The molecule has 0 spiro atoms. The van der Waals surface area contributed by atoms with Gasteiger partial charge in [-0.2, -0.15) is 0 Å². The van der Waals surface area contributed by atoms with Gasteiger partial charge in [0.25, 0.3) is 0 Å². The van der Waals surface area contributed by atoms with E-state index in [0.29, 0.717) is 15.7 Å². The van der Waals surface area contributed by atoms with Crippen LogP contribution in [0.4, 0.5) is 10.1 Å². The van der Waals surface area contributed by atoms with E-state index in [1.807, 2.05) is 0 Å². The van der Waals surface area contributed by atoms with Gasteiger partial charge in [0.1, 0.15) is 5.82 Å². The Bertz CT molecular complexity index is 352. The maximum absolute atomic E-state index is 13.0. The number of amides is 1. The van der Waals surface area contributed by atoms with Gasteiger partial charge in [0.05, 0.1) is 5.69 Å². The number of benzene rings is 1. The molecule has 1 aromatic carbocycles. The third-order valence-electron chi connectivity index (χ3n) is 1.65. The maximum Gasteiger partial charge on any atom is 0.221 e. The van der Waals surface area contributed by atoms with Gasteiger partial charge in [0, 0.05) is 17.0 Å². The number of hydrogen-bond donors (Lipinski definition) is 1. The summed E-state index contributed by atoms with van der Waals surface area (Å²) in [7, 11) is 0. The molecule has 1 rings (SSSR count). The lowest BCUT2D eigenvalue weighted by molar-refractivity contribution is -0.114. The van der Waals surface area contributed by atoms with Crippen molar-refractivity contribution in [2.75, 3.05) is 5.32 Å². The number of rotatable bonds is 1. The molecule has 0 unspecified atom stereocenters. The van der Waals surface area contributed by atoms with Crippen molar-refractivity contribution in [1.82, 2.24) is 0 Å². The minimum absolute atomic E-state index is 0.214. The highest BCUT2D eigenvalue weighted by Crippen LogP contribution is 2.27. The SMILES string of the molecule is CC(=O)Nc1c(Br)ccc(F)c1C. The molecule has 1 amide bonds. The van der Waals surface area contributed by atoms with Crippen molar-refractivity contribution in [3.63, 3.8) is 0 Å². The first-order chi connectivity index (χ1) is 6.02. The zero-order valence-corrected chi connectivity index (χ0v) is 8.90. The number of hydrogen-bond acceptors (Lipinski definition) is 1. The first-order valence-corrected chi connectivity index (χ1v) is 4.54. The van der Waals surface area contributed by atoms with Crippen molar-refractivity contribution in [3.05, 3.63) is 28.0 Å². The highest BCUT2D eigenvalue weighted by Gasteiger charge is 2.08. The molecule has 0 fully saturated rings. The summed E-state index contributed by atoms with van der Waals surface area (Å²) in [4.78, 5) is 10.8. The van der Waals surface area contributed by atoms with Crippen LogP contribution in [0.3, 0.4) is 0 Å². The van der Waals surface area contributed by atoms with Crippen LogP contribution < -0.4 is 5.32 Å². The fourth-order valence-corrected chi connectivity index (χ4v) is 1.51. The molecular weight excluding hydrogens is 237 g/mol. The minimum atomic E-state index is -0.327. The van der Waals surface area contributed by atoms with E-state index in [1.54, 1.807) is 13.0 Å². The lowest BCUT2D eigenvalue weighted by atomic mass is 10.2. The van der Waals surface area contributed by atoms with Crippen LogP contribution in [0.5, 0.6) is 0 Å². The highest BCUT2D eigenvalue weighted by atomic mass is 79.9. The molecule has 0 bridgehead atoms. The minimum Gasteiger partial charge on any atom is -0.325 e. The summed E-state index contributed by atoms with van der Waals surface area (Å²) in [6, 6.07) is 2.92. The third-order valence-corrected chi connectivity index (χ3v) is 2.31. The van der Waals surface area contributed by atoms with Crippen molar-refractivity contribution in [2.45, 2.75) is 13.8 Å². The summed E-state index contributed by atoms with van der Waals surface area (Å²) in [5.41, 5.74) is 0.928. The van der Waals surface area contributed by atoms with Gasteiger partial charge in [0.2, 0.25) is 5.91 Å². The Balaban J connectivity index is 3.17. The van der Waals surface area contributed by atoms with Crippen molar-refractivity contribution < 1.29 is 9.18 Å². The van der Waals surface area contributed by atoms with Crippen LogP contribution in [0, 0.1) is 12.7 Å². The van der Waals surface area contributed by atoms with Gasteiger partial charge in [0.15, 0.2) is 0 Å². The fraction of sp³-hybridized carbons (Fsp3) is 0.222. The number of carbonyl (C=O) groups excluding carboxylic acids is 1. The van der Waals surface area contributed by atoms with Crippen LogP contribution in [0.2, 0.25) is 0 Å². The monoisotopic (exact) mass is 245 g/mol. The molecule has 1 N–H and O–H groups in total. The zero-order chi connectivity index (χ0) is 10.0. The van der Waals surface area contributed by atoms with E-state index >= 15 is 0 Å². The molecule has 70 valence electrons. The van der Waals surface area contributed by atoms with Crippen LogP contribution in [0.15, 0.2) is 16.6 Å². The molecule has 0 atom stereocenters. The molecule has 4 heteroatoms. The normalized spacial score (nSPS) is 9.85. The smallest absolute Gasteiger partial charge is 0.221 e. The van der Waals surface area contributed by atoms with E-state index in [2.05, 4.69) is 21.2 Å². The van der Waals surface area contributed by atoms with Crippen molar-refractivity contribution in [3.8, 4) is 0 Å². The van der Waals surface area contributed by atoms with Gasteiger partial charge < -0.3 is 5.32 Å². The molecule has 0 aliphatic heterocycles. The van der Waals surface area contributed by atoms with E-state index in [4.69, 9.17) is 0 Å². The van der Waals surface area contributed by atoms with Gasteiger partial charge in [-0.05, 0) is 35.0 Å². The van der Waals surface area contributed by atoms with Gasteiger partial charge in [-0.1, -0.05) is 0 Å². The second kappa shape index (κ2) is 3.87. The number of carbonyl (C=O) groups is 1.